The molecule has 0 unspecified atom stereocenters. The Morgan fingerprint density at radius 3 is 2.72 bits per heavy atom. The van der Waals surface area contributed by atoms with E-state index in [2.05, 4.69) is 20.5 Å². The van der Waals surface area contributed by atoms with Crippen LogP contribution in [-0.4, -0.2) is 36.3 Å². The molecule has 2 aromatic rings. The van der Waals surface area contributed by atoms with E-state index in [9.17, 15) is 9.59 Å². The number of aromatic amines is 2. The van der Waals surface area contributed by atoms with E-state index in [1.807, 2.05) is 0 Å². The second-order valence-electron chi connectivity index (χ2n) is 4.82. The summed E-state index contributed by atoms with van der Waals surface area (Å²) in [7, 11) is 2.97. The predicted molar refractivity (Wildman–Crippen MR) is 96.2 cm³/mol. The molecule has 0 atom stereocenters. The van der Waals surface area contributed by atoms with Crippen LogP contribution in [0.25, 0.3) is 0 Å². The molecule has 0 bridgehead atoms. The lowest BCUT2D eigenvalue weighted by molar-refractivity contribution is -0.120. The normalized spacial score (nSPS) is 10.7. The Labute approximate surface area is 152 Å². The summed E-state index contributed by atoms with van der Waals surface area (Å²) >= 11 is 10.9. The fourth-order valence-corrected chi connectivity index (χ4v) is 2.55. The number of rotatable bonds is 6. The summed E-state index contributed by atoms with van der Waals surface area (Å²) in [5.74, 6) is 0.438. The standard InChI is InChI=1S/C15H15ClN4O4S/c1-23-11-4-8(3-10(16)14(11)24-2)7-17-20-13(22)6-9-5-12(21)19-15(25)18-9/h3-5,7H,6H2,1-2H3,(H,20,22)(H2,18,19,21,25)/b17-7-. The number of hydrazone groups is 1. The van der Waals surface area contributed by atoms with E-state index in [-0.39, 0.29) is 16.8 Å². The van der Waals surface area contributed by atoms with Crippen molar-refractivity contribution in [1.29, 1.82) is 0 Å². The zero-order valence-corrected chi connectivity index (χ0v) is 15.0. The van der Waals surface area contributed by atoms with Gasteiger partial charge in [0.2, 0.25) is 5.91 Å². The van der Waals surface area contributed by atoms with Gasteiger partial charge in [0.15, 0.2) is 16.3 Å². The zero-order chi connectivity index (χ0) is 18.4. The van der Waals surface area contributed by atoms with Crippen molar-refractivity contribution >= 4 is 35.9 Å². The van der Waals surface area contributed by atoms with Crippen LogP contribution in [0.5, 0.6) is 11.5 Å². The Hall–Kier alpha value is -2.65. The van der Waals surface area contributed by atoms with Crippen molar-refractivity contribution in [2.24, 2.45) is 5.10 Å². The summed E-state index contributed by atoms with van der Waals surface area (Å²) in [5.41, 5.74) is 2.97. The molecule has 1 amide bonds. The van der Waals surface area contributed by atoms with Gasteiger partial charge in [-0.05, 0) is 29.9 Å². The number of ether oxygens (including phenoxy) is 2. The molecule has 8 nitrogen and oxygen atoms in total. The number of carbonyl (C=O) groups excluding carboxylic acids is 1. The molecule has 1 aromatic carbocycles. The third kappa shape index (κ3) is 5.16. The summed E-state index contributed by atoms with van der Waals surface area (Å²) in [6, 6.07) is 4.54. The highest BCUT2D eigenvalue weighted by molar-refractivity contribution is 7.71. The van der Waals surface area contributed by atoms with Crippen molar-refractivity contribution in [3.63, 3.8) is 0 Å². The van der Waals surface area contributed by atoms with Crippen LogP contribution in [0.1, 0.15) is 11.3 Å². The third-order valence-electron chi connectivity index (χ3n) is 3.03. The highest BCUT2D eigenvalue weighted by Gasteiger charge is 2.10. The fourth-order valence-electron chi connectivity index (χ4n) is 2.02. The topological polar surface area (TPSA) is 109 Å². The number of H-pyrrole nitrogens is 2. The summed E-state index contributed by atoms with van der Waals surface area (Å²) in [5, 5.41) is 4.20. The number of amides is 1. The minimum atomic E-state index is -0.418. The first-order valence-corrected chi connectivity index (χ1v) is 7.77. The Bertz CT molecular complexity index is 894. The van der Waals surface area contributed by atoms with Crippen LogP contribution in [0, 0.1) is 4.77 Å². The van der Waals surface area contributed by atoms with E-state index in [0.717, 1.165) is 0 Å². The minimum Gasteiger partial charge on any atom is -0.493 e. The number of nitrogens with zero attached hydrogens (tertiary/aromatic N) is 1. The third-order valence-corrected chi connectivity index (χ3v) is 3.51. The average molecular weight is 383 g/mol. The van der Waals surface area contributed by atoms with Crippen molar-refractivity contribution in [2.75, 3.05) is 14.2 Å². The first-order valence-electron chi connectivity index (χ1n) is 6.99. The van der Waals surface area contributed by atoms with Crippen molar-refractivity contribution < 1.29 is 14.3 Å². The van der Waals surface area contributed by atoms with Gasteiger partial charge < -0.3 is 14.5 Å². The summed E-state index contributed by atoms with van der Waals surface area (Å²) in [6.45, 7) is 0. The molecule has 1 heterocycles. The molecule has 132 valence electrons. The largest absolute Gasteiger partial charge is 0.493 e. The van der Waals surface area contributed by atoms with Crippen LogP contribution in [0.15, 0.2) is 28.1 Å². The van der Waals surface area contributed by atoms with Crippen LogP contribution in [0.4, 0.5) is 0 Å². The zero-order valence-electron chi connectivity index (χ0n) is 13.4. The molecule has 1 aromatic heterocycles. The van der Waals surface area contributed by atoms with Gasteiger partial charge >= 0.3 is 0 Å². The Balaban J connectivity index is 2.05. The lowest BCUT2D eigenvalue weighted by Crippen LogP contribution is -2.21. The lowest BCUT2D eigenvalue weighted by Gasteiger charge is -2.09. The maximum absolute atomic E-state index is 11.9. The first kappa shape index (κ1) is 18.7. The van der Waals surface area contributed by atoms with Gasteiger partial charge in [0, 0.05) is 11.8 Å². The van der Waals surface area contributed by atoms with Crippen LogP contribution < -0.4 is 20.5 Å². The maximum Gasteiger partial charge on any atom is 0.251 e. The number of carbonyl (C=O) groups is 1. The van der Waals surface area contributed by atoms with Gasteiger partial charge in [0.25, 0.3) is 5.56 Å². The van der Waals surface area contributed by atoms with Crippen molar-refractivity contribution in [3.05, 3.63) is 49.6 Å². The molecule has 0 spiro atoms. The smallest absolute Gasteiger partial charge is 0.251 e. The molecular formula is C15H15ClN4O4S. The lowest BCUT2D eigenvalue weighted by atomic mass is 10.2. The minimum absolute atomic E-state index is 0.0718. The molecule has 0 aliphatic heterocycles. The molecule has 0 fully saturated rings. The van der Waals surface area contributed by atoms with Crippen molar-refractivity contribution in [2.45, 2.75) is 6.42 Å². The molecular weight excluding hydrogens is 368 g/mol. The van der Waals surface area contributed by atoms with E-state index in [4.69, 9.17) is 33.3 Å². The van der Waals surface area contributed by atoms with Gasteiger partial charge in [-0.3, -0.25) is 14.6 Å². The highest BCUT2D eigenvalue weighted by atomic mass is 35.5. The molecule has 25 heavy (non-hydrogen) atoms. The van der Waals surface area contributed by atoms with E-state index in [0.29, 0.717) is 27.8 Å². The summed E-state index contributed by atoms with van der Waals surface area (Å²) in [6.07, 6.45) is 1.34. The van der Waals surface area contributed by atoms with Crippen molar-refractivity contribution in [1.82, 2.24) is 15.4 Å². The van der Waals surface area contributed by atoms with Gasteiger partial charge in [0.05, 0.1) is 31.9 Å². The number of hydrogen-bond donors (Lipinski definition) is 3. The molecule has 0 saturated carbocycles. The summed E-state index contributed by atoms with van der Waals surface area (Å²) in [4.78, 5) is 28.3. The number of methoxy groups -OCH3 is 2. The van der Waals surface area contributed by atoms with Gasteiger partial charge in [-0.25, -0.2) is 5.43 Å². The Morgan fingerprint density at radius 1 is 1.32 bits per heavy atom. The number of aromatic nitrogens is 2. The molecule has 10 heteroatoms. The van der Waals surface area contributed by atoms with E-state index in [1.54, 1.807) is 12.1 Å². The molecule has 3 N–H and O–H groups in total. The number of nitrogens with one attached hydrogen (secondary N) is 3. The van der Waals surface area contributed by atoms with Crippen LogP contribution in [0.3, 0.4) is 0 Å². The van der Waals surface area contributed by atoms with E-state index >= 15 is 0 Å². The second kappa shape index (κ2) is 8.45. The van der Waals surface area contributed by atoms with Crippen LogP contribution in [-0.2, 0) is 11.2 Å². The van der Waals surface area contributed by atoms with Crippen molar-refractivity contribution in [3.8, 4) is 11.5 Å². The van der Waals surface area contributed by atoms with Gasteiger partial charge in [0.1, 0.15) is 0 Å². The monoisotopic (exact) mass is 382 g/mol. The average Bonchev–Trinajstić information content (AvgIpc) is 2.53. The second-order valence-corrected chi connectivity index (χ2v) is 5.64. The van der Waals surface area contributed by atoms with E-state index < -0.39 is 5.91 Å². The van der Waals surface area contributed by atoms with Crippen LogP contribution >= 0.6 is 23.8 Å². The maximum atomic E-state index is 11.9. The van der Waals surface area contributed by atoms with Gasteiger partial charge in [-0.15, -0.1) is 0 Å². The number of benzene rings is 1. The van der Waals surface area contributed by atoms with Gasteiger partial charge in [-0.1, -0.05) is 11.6 Å². The SMILES string of the molecule is COc1cc(/C=N\NC(=O)Cc2cc(=O)[nH]c(=S)[nH]2)cc(Cl)c1OC. The Kier molecular flexibility index (Phi) is 6.31. The number of hydrogen-bond acceptors (Lipinski definition) is 6. The Morgan fingerprint density at radius 2 is 2.08 bits per heavy atom. The molecule has 0 radical (unpaired) electrons. The highest BCUT2D eigenvalue weighted by Crippen LogP contribution is 2.35. The number of halogens is 1. The first-order chi connectivity index (χ1) is 11.9. The van der Waals surface area contributed by atoms with Gasteiger partial charge in [-0.2, -0.15) is 5.10 Å². The van der Waals surface area contributed by atoms with E-state index in [1.165, 1.54) is 26.5 Å². The molecule has 2 rings (SSSR count). The molecule has 0 saturated heterocycles. The summed E-state index contributed by atoms with van der Waals surface area (Å²) < 4.78 is 10.5. The quantitative estimate of drug-likeness (QED) is 0.401. The van der Waals surface area contributed by atoms with Crippen LogP contribution in [0.2, 0.25) is 5.02 Å². The predicted octanol–water partition coefficient (Wildman–Crippen LogP) is 1.80. The fraction of sp³-hybridized carbons (Fsp3) is 0.200. The molecule has 0 aliphatic carbocycles. The molecule has 0 aliphatic rings.